The molecule has 2 aromatic carbocycles. The van der Waals surface area contributed by atoms with E-state index in [9.17, 15) is 17.2 Å². The van der Waals surface area contributed by atoms with Crippen molar-refractivity contribution in [2.45, 2.75) is 4.90 Å². The number of benzene rings is 2. The van der Waals surface area contributed by atoms with Gasteiger partial charge in [-0.3, -0.25) is 0 Å². The first-order chi connectivity index (χ1) is 10.9. The summed E-state index contributed by atoms with van der Waals surface area (Å²) < 4.78 is 57.4. The van der Waals surface area contributed by atoms with Crippen LogP contribution in [0, 0.1) is 23.5 Å². The van der Waals surface area contributed by atoms with Gasteiger partial charge >= 0.3 is 0 Å². The molecule has 2 rings (SSSR count). The minimum atomic E-state index is -3.96. The number of ether oxygens (including phenoxy) is 1. The van der Waals surface area contributed by atoms with E-state index in [1.807, 2.05) is 0 Å². The summed E-state index contributed by atoms with van der Waals surface area (Å²) in [5.74, 6) is 4.25. The van der Waals surface area contributed by atoms with Gasteiger partial charge in [0.05, 0.1) is 13.7 Å². The topological polar surface area (TPSA) is 55.4 Å². The van der Waals surface area contributed by atoms with Crippen molar-refractivity contribution in [3.05, 3.63) is 59.7 Å². The monoisotopic (exact) mass is 337 g/mol. The zero-order chi connectivity index (χ0) is 16.9. The van der Waals surface area contributed by atoms with Crippen molar-refractivity contribution in [2.24, 2.45) is 0 Å². The van der Waals surface area contributed by atoms with Gasteiger partial charge in [-0.1, -0.05) is 11.8 Å². The Morgan fingerprint density at radius 1 is 1.09 bits per heavy atom. The number of sulfonamides is 1. The Labute approximate surface area is 133 Å². The quantitative estimate of drug-likeness (QED) is 0.871. The van der Waals surface area contributed by atoms with Gasteiger partial charge in [0, 0.05) is 5.56 Å². The number of rotatable bonds is 4. The van der Waals surface area contributed by atoms with E-state index in [0.717, 1.165) is 12.1 Å². The molecule has 7 heteroatoms. The van der Waals surface area contributed by atoms with E-state index in [1.165, 1.54) is 37.4 Å². The maximum atomic E-state index is 13.2. The molecule has 0 unspecified atom stereocenters. The molecule has 0 bridgehead atoms. The predicted molar refractivity (Wildman–Crippen MR) is 81.4 cm³/mol. The molecule has 120 valence electrons. The normalized spacial score (nSPS) is 10.7. The SMILES string of the molecule is COc1ccc(F)cc1S(=O)(=O)NCC#Cc1ccc(F)cc1. The molecule has 4 nitrogen and oxygen atoms in total. The third-order valence-corrected chi connectivity index (χ3v) is 4.27. The molecule has 0 fully saturated rings. The molecule has 0 saturated heterocycles. The van der Waals surface area contributed by atoms with Crippen LogP contribution in [0.1, 0.15) is 5.56 Å². The summed E-state index contributed by atoms with van der Waals surface area (Å²) >= 11 is 0. The number of methoxy groups -OCH3 is 1. The summed E-state index contributed by atoms with van der Waals surface area (Å²) in [6.45, 7) is -0.181. The van der Waals surface area contributed by atoms with Crippen LogP contribution in [0.25, 0.3) is 0 Å². The Hall–Kier alpha value is -2.43. The number of halogens is 2. The van der Waals surface area contributed by atoms with E-state index in [-0.39, 0.29) is 23.0 Å². The van der Waals surface area contributed by atoms with Crippen LogP contribution in [0.3, 0.4) is 0 Å². The Morgan fingerprint density at radius 3 is 2.39 bits per heavy atom. The minimum absolute atomic E-state index is 0.0328. The van der Waals surface area contributed by atoms with Gasteiger partial charge in [0.25, 0.3) is 0 Å². The molecule has 0 radical (unpaired) electrons. The molecule has 0 aliphatic heterocycles. The molecule has 0 heterocycles. The maximum Gasteiger partial charge on any atom is 0.245 e. The van der Waals surface area contributed by atoms with Gasteiger partial charge < -0.3 is 4.74 Å². The summed E-state index contributed by atoms with van der Waals surface area (Å²) in [6, 6.07) is 8.67. The Balaban J connectivity index is 2.11. The number of nitrogens with one attached hydrogen (secondary N) is 1. The van der Waals surface area contributed by atoms with Gasteiger partial charge in [0.1, 0.15) is 22.3 Å². The van der Waals surface area contributed by atoms with E-state index in [4.69, 9.17) is 4.74 Å². The van der Waals surface area contributed by atoms with Crippen LogP contribution in [-0.2, 0) is 10.0 Å². The molecular formula is C16H13F2NO3S. The smallest absolute Gasteiger partial charge is 0.245 e. The van der Waals surface area contributed by atoms with Gasteiger partial charge in [0.15, 0.2) is 0 Å². The van der Waals surface area contributed by atoms with Crippen molar-refractivity contribution in [3.8, 4) is 17.6 Å². The molecule has 23 heavy (non-hydrogen) atoms. The van der Waals surface area contributed by atoms with Crippen molar-refractivity contribution in [1.82, 2.24) is 4.72 Å². The lowest BCUT2D eigenvalue weighted by Gasteiger charge is -2.09. The van der Waals surface area contributed by atoms with Crippen LogP contribution in [0.4, 0.5) is 8.78 Å². The van der Waals surface area contributed by atoms with Crippen LogP contribution in [0.5, 0.6) is 5.75 Å². The Bertz CT molecular complexity index is 853. The van der Waals surface area contributed by atoms with Gasteiger partial charge in [-0.05, 0) is 42.5 Å². The fourth-order valence-electron chi connectivity index (χ4n) is 1.75. The fraction of sp³-hybridized carbons (Fsp3) is 0.125. The second-order valence-electron chi connectivity index (χ2n) is 4.43. The molecule has 1 N–H and O–H groups in total. The summed E-state index contributed by atoms with van der Waals surface area (Å²) in [4.78, 5) is -0.302. The largest absolute Gasteiger partial charge is 0.495 e. The van der Waals surface area contributed by atoms with E-state index in [0.29, 0.717) is 5.56 Å². The highest BCUT2D eigenvalue weighted by atomic mass is 32.2. The average molecular weight is 337 g/mol. The van der Waals surface area contributed by atoms with Gasteiger partial charge in [-0.2, -0.15) is 4.72 Å². The van der Waals surface area contributed by atoms with E-state index >= 15 is 0 Å². The van der Waals surface area contributed by atoms with Crippen molar-refractivity contribution in [3.63, 3.8) is 0 Å². The van der Waals surface area contributed by atoms with Crippen LogP contribution in [-0.4, -0.2) is 22.1 Å². The summed E-state index contributed by atoms with van der Waals surface area (Å²) in [6.07, 6.45) is 0. The lowest BCUT2D eigenvalue weighted by Crippen LogP contribution is -2.24. The summed E-state index contributed by atoms with van der Waals surface area (Å²) in [5.41, 5.74) is 0.550. The highest BCUT2D eigenvalue weighted by Crippen LogP contribution is 2.23. The molecule has 0 aliphatic carbocycles. The van der Waals surface area contributed by atoms with Gasteiger partial charge in [0.2, 0.25) is 10.0 Å². The molecular weight excluding hydrogens is 324 g/mol. The number of hydrogen-bond donors (Lipinski definition) is 1. The zero-order valence-corrected chi connectivity index (χ0v) is 13.0. The Morgan fingerprint density at radius 2 is 1.74 bits per heavy atom. The molecule has 0 aromatic heterocycles. The van der Waals surface area contributed by atoms with E-state index in [1.54, 1.807) is 0 Å². The van der Waals surface area contributed by atoms with Crippen molar-refractivity contribution in [2.75, 3.05) is 13.7 Å². The zero-order valence-electron chi connectivity index (χ0n) is 12.1. The van der Waals surface area contributed by atoms with Crippen molar-refractivity contribution < 1.29 is 21.9 Å². The summed E-state index contributed by atoms with van der Waals surface area (Å²) in [7, 11) is -2.67. The summed E-state index contributed by atoms with van der Waals surface area (Å²) in [5, 5.41) is 0. The van der Waals surface area contributed by atoms with Crippen LogP contribution >= 0.6 is 0 Å². The second kappa shape index (κ2) is 7.22. The third kappa shape index (κ3) is 4.52. The fourth-order valence-corrected chi connectivity index (χ4v) is 2.85. The van der Waals surface area contributed by atoms with Crippen LogP contribution < -0.4 is 9.46 Å². The first kappa shape index (κ1) is 16.9. The first-order valence-electron chi connectivity index (χ1n) is 6.50. The molecule has 0 saturated carbocycles. The molecule has 0 aliphatic rings. The molecule has 0 atom stereocenters. The highest BCUT2D eigenvalue weighted by Gasteiger charge is 2.19. The third-order valence-electron chi connectivity index (χ3n) is 2.84. The van der Waals surface area contributed by atoms with Gasteiger partial charge in [-0.25, -0.2) is 17.2 Å². The van der Waals surface area contributed by atoms with Crippen LogP contribution in [0.2, 0.25) is 0 Å². The standard InChI is InChI=1S/C16H13F2NO3S/c1-22-15-9-8-14(18)11-16(15)23(20,21)19-10-2-3-12-4-6-13(17)7-5-12/h4-9,11,19H,10H2,1H3. The Kier molecular flexibility index (Phi) is 5.32. The second-order valence-corrected chi connectivity index (χ2v) is 6.16. The maximum absolute atomic E-state index is 13.2. The van der Waals surface area contributed by atoms with Crippen LogP contribution in [0.15, 0.2) is 47.4 Å². The highest BCUT2D eigenvalue weighted by molar-refractivity contribution is 7.89. The van der Waals surface area contributed by atoms with E-state index < -0.39 is 15.8 Å². The predicted octanol–water partition coefficient (Wildman–Crippen LogP) is 2.30. The lowest BCUT2D eigenvalue weighted by molar-refractivity contribution is 0.400. The molecule has 2 aromatic rings. The molecule has 0 spiro atoms. The van der Waals surface area contributed by atoms with Gasteiger partial charge in [-0.15, -0.1) is 0 Å². The average Bonchev–Trinajstić information content (AvgIpc) is 2.53. The minimum Gasteiger partial charge on any atom is -0.495 e. The van der Waals surface area contributed by atoms with Crippen molar-refractivity contribution >= 4 is 10.0 Å². The number of hydrogen-bond acceptors (Lipinski definition) is 3. The van der Waals surface area contributed by atoms with E-state index in [2.05, 4.69) is 16.6 Å². The lowest BCUT2D eigenvalue weighted by atomic mass is 10.2. The first-order valence-corrected chi connectivity index (χ1v) is 7.98. The van der Waals surface area contributed by atoms with Crippen molar-refractivity contribution in [1.29, 1.82) is 0 Å². The molecule has 0 amide bonds.